The zero-order valence-corrected chi connectivity index (χ0v) is 14.0. The molecule has 6 nitrogen and oxygen atoms in total. The summed E-state index contributed by atoms with van der Waals surface area (Å²) in [6.45, 7) is 3.55. The summed E-state index contributed by atoms with van der Waals surface area (Å²) in [5, 5.41) is 2.78. The number of aromatic nitrogens is 2. The fourth-order valence-electron chi connectivity index (χ4n) is 2.96. The van der Waals surface area contributed by atoms with Crippen LogP contribution in [0.4, 0.5) is 5.95 Å². The highest BCUT2D eigenvalue weighted by atomic mass is 16.5. The van der Waals surface area contributed by atoms with Crippen molar-refractivity contribution in [2.75, 3.05) is 19.0 Å². The van der Waals surface area contributed by atoms with Gasteiger partial charge < -0.3 is 4.74 Å². The molecule has 1 aromatic carbocycles. The summed E-state index contributed by atoms with van der Waals surface area (Å²) < 4.78 is 5.31. The second-order valence-electron chi connectivity index (χ2n) is 5.95. The average Bonchev–Trinajstić information content (AvgIpc) is 2.83. The van der Waals surface area contributed by atoms with E-state index in [0.29, 0.717) is 5.95 Å². The van der Waals surface area contributed by atoms with Gasteiger partial charge in [0.15, 0.2) is 0 Å². The van der Waals surface area contributed by atoms with Gasteiger partial charge in [-0.25, -0.2) is 9.97 Å². The molecule has 126 valence electrons. The number of nitrogens with one attached hydrogen (secondary N) is 1. The normalized spacial score (nSPS) is 15.9. The first-order chi connectivity index (χ1) is 11.7. The molecule has 1 aromatic heterocycles. The van der Waals surface area contributed by atoms with E-state index in [2.05, 4.69) is 32.3 Å². The van der Waals surface area contributed by atoms with E-state index in [1.807, 2.05) is 13.0 Å². The molecule has 2 aromatic rings. The number of carbonyl (C=O) groups excluding carboxylic acids is 1. The summed E-state index contributed by atoms with van der Waals surface area (Å²) in [7, 11) is 1.68. The van der Waals surface area contributed by atoms with E-state index in [4.69, 9.17) is 4.74 Å². The summed E-state index contributed by atoms with van der Waals surface area (Å²) in [6.07, 6.45) is 5.24. The van der Waals surface area contributed by atoms with Gasteiger partial charge in [-0.2, -0.15) is 0 Å². The number of amides is 1. The number of benzene rings is 1. The number of ether oxygens (including phenoxy) is 1. The van der Waals surface area contributed by atoms with Gasteiger partial charge in [0.05, 0.1) is 13.2 Å². The van der Waals surface area contributed by atoms with Crippen LogP contribution in [0.25, 0.3) is 0 Å². The Bertz CT molecular complexity index is 705. The summed E-state index contributed by atoms with van der Waals surface area (Å²) in [4.78, 5) is 22.8. The van der Waals surface area contributed by atoms with Crippen molar-refractivity contribution in [2.45, 2.75) is 32.4 Å². The third kappa shape index (κ3) is 3.71. The number of aryl methyl sites for hydroxylation is 1. The van der Waals surface area contributed by atoms with Gasteiger partial charge in [-0.05, 0) is 55.6 Å². The molecule has 0 saturated heterocycles. The van der Waals surface area contributed by atoms with Crippen molar-refractivity contribution in [3.63, 3.8) is 0 Å². The zero-order valence-electron chi connectivity index (χ0n) is 14.0. The molecule has 1 unspecified atom stereocenters. The minimum absolute atomic E-state index is 0.0850. The third-order valence-electron chi connectivity index (χ3n) is 4.41. The van der Waals surface area contributed by atoms with Gasteiger partial charge in [-0.15, -0.1) is 0 Å². The second kappa shape index (κ2) is 7.40. The van der Waals surface area contributed by atoms with Crippen LogP contribution in [0.15, 0.2) is 36.7 Å². The molecular formula is C18H22N4O2. The second-order valence-corrected chi connectivity index (χ2v) is 5.95. The molecule has 6 heteroatoms. The number of hydrogen-bond donors (Lipinski definition) is 1. The molecule has 0 radical (unpaired) electrons. The van der Waals surface area contributed by atoms with Crippen LogP contribution in [-0.2, 0) is 17.8 Å². The van der Waals surface area contributed by atoms with Gasteiger partial charge >= 0.3 is 0 Å². The van der Waals surface area contributed by atoms with Gasteiger partial charge in [0.2, 0.25) is 11.9 Å². The standard InChI is InChI=1S/C18H22N4O2/c1-13(17(23)21-18-19-8-4-9-20-18)22-10-3-5-14-11-16(24-2)7-6-15(14)12-22/h4,6-9,11,13H,3,5,10,12H2,1-2H3,(H,19,20,21,23). The minimum Gasteiger partial charge on any atom is -0.497 e. The van der Waals surface area contributed by atoms with Crippen molar-refractivity contribution in [3.8, 4) is 5.75 Å². The summed E-state index contributed by atoms with van der Waals surface area (Å²) in [6, 6.07) is 7.64. The van der Waals surface area contributed by atoms with Crippen LogP contribution in [-0.4, -0.2) is 40.5 Å². The lowest BCUT2D eigenvalue weighted by Crippen LogP contribution is -2.42. The van der Waals surface area contributed by atoms with E-state index in [1.54, 1.807) is 25.6 Å². The Hall–Kier alpha value is -2.47. The highest BCUT2D eigenvalue weighted by Gasteiger charge is 2.24. The van der Waals surface area contributed by atoms with Crippen molar-refractivity contribution in [2.24, 2.45) is 0 Å². The van der Waals surface area contributed by atoms with Crippen LogP contribution >= 0.6 is 0 Å². The maximum Gasteiger partial charge on any atom is 0.243 e. The molecular weight excluding hydrogens is 304 g/mol. The van der Waals surface area contributed by atoms with Crippen molar-refractivity contribution < 1.29 is 9.53 Å². The smallest absolute Gasteiger partial charge is 0.243 e. The van der Waals surface area contributed by atoms with E-state index in [-0.39, 0.29) is 11.9 Å². The Morgan fingerprint density at radius 3 is 2.83 bits per heavy atom. The first-order valence-electron chi connectivity index (χ1n) is 8.15. The van der Waals surface area contributed by atoms with E-state index >= 15 is 0 Å². The predicted octanol–water partition coefficient (Wildman–Crippen LogP) is 2.26. The molecule has 0 saturated carbocycles. The maximum absolute atomic E-state index is 12.5. The first-order valence-corrected chi connectivity index (χ1v) is 8.15. The molecule has 1 atom stereocenters. The number of fused-ring (bicyclic) bond motifs is 1. The molecule has 24 heavy (non-hydrogen) atoms. The summed E-state index contributed by atoms with van der Waals surface area (Å²) >= 11 is 0. The third-order valence-corrected chi connectivity index (χ3v) is 4.41. The molecule has 0 spiro atoms. The van der Waals surface area contributed by atoms with Gasteiger partial charge in [0.1, 0.15) is 5.75 Å². The highest BCUT2D eigenvalue weighted by Crippen LogP contribution is 2.24. The molecule has 1 aliphatic rings. The maximum atomic E-state index is 12.5. The number of anilines is 1. The molecule has 1 N–H and O–H groups in total. The summed E-state index contributed by atoms with van der Waals surface area (Å²) in [5.74, 6) is 1.14. The zero-order chi connectivity index (χ0) is 16.9. The first kappa shape index (κ1) is 16.4. The van der Waals surface area contributed by atoms with Crippen LogP contribution in [0.3, 0.4) is 0 Å². The monoisotopic (exact) mass is 326 g/mol. The Balaban J connectivity index is 1.70. The molecule has 3 rings (SSSR count). The van der Waals surface area contributed by atoms with Crippen LogP contribution in [0.1, 0.15) is 24.5 Å². The lowest BCUT2D eigenvalue weighted by molar-refractivity contribution is -0.121. The van der Waals surface area contributed by atoms with Crippen molar-refractivity contribution in [3.05, 3.63) is 47.8 Å². The lowest BCUT2D eigenvalue weighted by atomic mass is 10.0. The number of nitrogens with zero attached hydrogens (tertiary/aromatic N) is 3. The quantitative estimate of drug-likeness (QED) is 0.933. The number of hydrogen-bond acceptors (Lipinski definition) is 5. The van der Waals surface area contributed by atoms with Crippen molar-refractivity contribution in [1.29, 1.82) is 0 Å². The lowest BCUT2D eigenvalue weighted by Gasteiger charge is -2.26. The molecule has 0 bridgehead atoms. The van der Waals surface area contributed by atoms with E-state index in [0.717, 1.165) is 31.7 Å². The SMILES string of the molecule is COc1ccc2c(c1)CCCN(C(C)C(=O)Nc1ncccn1)C2. The molecule has 1 aliphatic heterocycles. The summed E-state index contributed by atoms with van der Waals surface area (Å²) in [5.41, 5.74) is 2.56. The Morgan fingerprint density at radius 2 is 2.08 bits per heavy atom. The van der Waals surface area contributed by atoms with Crippen molar-refractivity contribution in [1.82, 2.24) is 14.9 Å². The minimum atomic E-state index is -0.248. The van der Waals surface area contributed by atoms with Crippen molar-refractivity contribution >= 4 is 11.9 Å². The number of rotatable bonds is 4. The van der Waals surface area contributed by atoms with Gasteiger partial charge in [-0.3, -0.25) is 15.0 Å². The van der Waals surface area contributed by atoms with Crippen LogP contribution in [0, 0.1) is 0 Å². The van der Waals surface area contributed by atoms with Gasteiger partial charge in [0, 0.05) is 18.9 Å². The fourth-order valence-corrected chi connectivity index (χ4v) is 2.96. The average molecular weight is 326 g/mol. The Morgan fingerprint density at radius 1 is 1.29 bits per heavy atom. The molecule has 2 heterocycles. The molecule has 0 fully saturated rings. The number of carbonyl (C=O) groups is 1. The van der Waals surface area contributed by atoms with E-state index < -0.39 is 0 Å². The largest absolute Gasteiger partial charge is 0.497 e. The van der Waals surface area contributed by atoms with E-state index in [9.17, 15) is 4.79 Å². The van der Waals surface area contributed by atoms with Gasteiger partial charge in [0.25, 0.3) is 0 Å². The Kier molecular flexibility index (Phi) is 5.05. The van der Waals surface area contributed by atoms with Crippen LogP contribution in [0.2, 0.25) is 0 Å². The highest BCUT2D eigenvalue weighted by molar-refractivity contribution is 5.93. The number of methoxy groups -OCH3 is 1. The van der Waals surface area contributed by atoms with Gasteiger partial charge in [-0.1, -0.05) is 6.07 Å². The topological polar surface area (TPSA) is 67.3 Å². The van der Waals surface area contributed by atoms with Crippen LogP contribution in [0.5, 0.6) is 5.75 Å². The predicted molar refractivity (Wildman–Crippen MR) is 91.8 cm³/mol. The molecule has 0 aliphatic carbocycles. The Labute approximate surface area is 141 Å². The van der Waals surface area contributed by atoms with Crippen LogP contribution < -0.4 is 10.1 Å². The molecule has 1 amide bonds. The fraction of sp³-hybridized carbons (Fsp3) is 0.389. The van der Waals surface area contributed by atoms with E-state index in [1.165, 1.54) is 11.1 Å².